The minimum Gasteiger partial charge on any atom is -0.478 e. The van der Waals surface area contributed by atoms with E-state index in [-0.39, 0.29) is 34.6 Å². The Bertz CT molecular complexity index is 1070. The first kappa shape index (κ1) is 20.1. The maximum Gasteiger partial charge on any atom is 0.336 e. The predicted molar refractivity (Wildman–Crippen MR) is 100 cm³/mol. The van der Waals surface area contributed by atoms with E-state index in [0.717, 1.165) is 0 Å². The molecule has 2 aromatic rings. The zero-order valence-electron chi connectivity index (χ0n) is 15.4. The smallest absolute Gasteiger partial charge is 0.336 e. The monoisotopic (exact) mass is 398 g/mol. The molecule has 0 amide bonds. The van der Waals surface area contributed by atoms with Crippen LogP contribution in [-0.2, 0) is 12.8 Å². The van der Waals surface area contributed by atoms with Gasteiger partial charge in [-0.25, -0.2) is 19.2 Å². The fraction of sp³-hybridized carbons (Fsp3) is 0.238. The van der Waals surface area contributed by atoms with Gasteiger partial charge in [0.1, 0.15) is 0 Å². The molecule has 0 radical (unpaired) electrons. The lowest BCUT2D eigenvalue weighted by molar-refractivity contribution is 0.0651. The Morgan fingerprint density at radius 1 is 0.724 bits per heavy atom. The minimum absolute atomic E-state index is 0.162. The Labute approximate surface area is 165 Å². The molecular weight excluding hydrogens is 380 g/mol. The van der Waals surface area contributed by atoms with Gasteiger partial charge in [-0.1, -0.05) is 6.92 Å². The van der Waals surface area contributed by atoms with Crippen LogP contribution in [0.5, 0.6) is 0 Å². The lowest BCUT2D eigenvalue weighted by Gasteiger charge is -2.18. The van der Waals surface area contributed by atoms with Gasteiger partial charge in [-0.2, -0.15) is 0 Å². The Kier molecular flexibility index (Phi) is 5.11. The summed E-state index contributed by atoms with van der Waals surface area (Å²) in [4.78, 5) is 46.1. The van der Waals surface area contributed by atoms with Crippen molar-refractivity contribution in [3.8, 4) is 0 Å². The van der Waals surface area contributed by atoms with Crippen molar-refractivity contribution < 1.29 is 39.6 Å². The van der Waals surface area contributed by atoms with Crippen molar-refractivity contribution in [2.75, 3.05) is 0 Å². The molecule has 8 nitrogen and oxygen atoms in total. The van der Waals surface area contributed by atoms with Crippen LogP contribution in [0.15, 0.2) is 24.3 Å². The number of aromatic carboxylic acids is 4. The molecule has 150 valence electrons. The Hall–Kier alpha value is -3.68. The van der Waals surface area contributed by atoms with E-state index in [1.807, 2.05) is 6.92 Å². The van der Waals surface area contributed by atoms with Crippen LogP contribution in [0.1, 0.15) is 82.9 Å². The van der Waals surface area contributed by atoms with Crippen molar-refractivity contribution in [1.29, 1.82) is 0 Å². The van der Waals surface area contributed by atoms with Crippen molar-refractivity contribution in [3.05, 3.63) is 68.8 Å². The quantitative estimate of drug-likeness (QED) is 0.600. The van der Waals surface area contributed by atoms with Gasteiger partial charge in [-0.15, -0.1) is 0 Å². The third kappa shape index (κ3) is 3.56. The second-order valence-corrected chi connectivity index (χ2v) is 6.97. The predicted octanol–water partition coefficient (Wildman–Crippen LogP) is 3.12. The molecule has 1 aliphatic rings. The molecule has 1 aliphatic carbocycles. The highest BCUT2D eigenvalue weighted by atomic mass is 16.4. The average Bonchev–Trinajstić information content (AvgIpc) is 2.80. The molecular formula is C21H18O8. The van der Waals surface area contributed by atoms with E-state index < -0.39 is 23.9 Å². The van der Waals surface area contributed by atoms with Gasteiger partial charge in [0.25, 0.3) is 0 Å². The zero-order chi connectivity index (χ0) is 21.5. The number of benzene rings is 2. The van der Waals surface area contributed by atoms with Gasteiger partial charge in [0.05, 0.1) is 22.3 Å². The molecule has 0 spiro atoms. The summed E-state index contributed by atoms with van der Waals surface area (Å²) in [5, 5.41) is 37.6. The number of rotatable bonds is 5. The van der Waals surface area contributed by atoms with Gasteiger partial charge in [0.2, 0.25) is 0 Å². The molecule has 29 heavy (non-hydrogen) atoms. The van der Waals surface area contributed by atoms with Crippen molar-refractivity contribution in [3.63, 3.8) is 0 Å². The molecule has 1 atom stereocenters. The maximum absolute atomic E-state index is 11.6. The molecule has 2 aromatic carbocycles. The van der Waals surface area contributed by atoms with Crippen LogP contribution < -0.4 is 0 Å². The fourth-order valence-corrected chi connectivity index (χ4v) is 3.89. The largest absolute Gasteiger partial charge is 0.478 e. The van der Waals surface area contributed by atoms with Gasteiger partial charge in [-0.05, 0) is 71.7 Å². The molecule has 1 unspecified atom stereocenters. The highest BCUT2D eigenvalue weighted by molar-refractivity contribution is 6.03. The summed E-state index contributed by atoms with van der Waals surface area (Å²) >= 11 is 0. The summed E-state index contributed by atoms with van der Waals surface area (Å²) < 4.78 is 0. The van der Waals surface area contributed by atoms with E-state index in [1.165, 1.54) is 24.3 Å². The van der Waals surface area contributed by atoms with E-state index in [9.17, 15) is 39.6 Å². The third-order valence-corrected chi connectivity index (χ3v) is 5.32. The highest BCUT2D eigenvalue weighted by Crippen LogP contribution is 2.36. The van der Waals surface area contributed by atoms with Crippen LogP contribution in [0.25, 0.3) is 0 Å². The van der Waals surface area contributed by atoms with Gasteiger partial charge in [0.15, 0.2) is 0 Å². The molecule has 0 saturated carbocycles. The van der Waals surface area contributed by atoms with Crippen LogP contribution >= 0.6 is 0 Å². The average molecular weight is 398 g/mol. The molecule has 0 bridgehead atoms. The molecule has 0 heterocycles. The summed E-state index contributed by atoms with van der Waals surface area (Å²) in [6.45, 7) is 1.90. The van der Waals surface area contributed by atoms with Gasteiger partial charge in [0, 0.05) is 0 Å². The van der Waals surface area contributed by atoms with E-state index in [1.54, 1.807) is 0 Å². The number of hydrogen-bond donors (Lipinski definition) is 4. The van der Waals surface area contributed by atoms with E-state index in [0.29, 0.717) is 35.1 Å². The maximum atomic E-state index is 11.6. The number of fused-ring (bicyclic) bond motifs is 2. The molecule has 8 heteroatoms. The second-order valence-electron chi connectivity index (χ2n) is 6.97. The van der Waals surface area contributed by atoms with Crippen molar-refractivity contribution in [1.82, 2.24) is 0 Å². The molecule has 3 rings (SSSR count). The first-order valence-electron chi connectivity index (χ1n) is 8.89. The lowest BCUT2D eigenvalue weighted by atomic mass is 9.86. The summed E-state index contributed by atoms with van der Waals surface area (Å²) in [5.74, 6) is -5.58. The molecule has 0 fully saturated rings. The standard InChI is InChI=1S/C21H18O8/c1-2-9-3-10-5-14(18(22)23)15(19(24)25)6-11(10)4-12-7-16(20(26)27)17(21(28)29)8-13(9)12/h5-9H,2-4H2,1H3,(H,22,23)(H,24,25)(H,26,27)(H,28,29). The number of hydrogen-bond acceptors (Lipinski definition) is 4. The van der Waals surface area contributed by atoms with Crippen molar-refractivity contribution in [2.24, 2.45) is 0 Å². The van der Waals surface area contributed by atoms with Crippen LogP contribution in [0.4, 0.5) is 0 Å². The molecule has 0 saturated heterocycles. The normalized spacial score (nSPS) is 15.0. The summed E-state index contributed by atoms with van der Waals surface area (Å²) in [6, 6.07) is 5.36. The van der Waals surface area contributed by atoms with E-state index in [4.69, 9.17) is 0 Å². The molecule has 4 N–H and O–H groups in total. The Morgan fingerprint density at radius 2 is 1.14 bits per heavy atom. The minimum atomic E-state index is -1.37. The first-order valence-corrected chi connectivity index (χ1v) is 8.89. The van der Waals surface area contributed by atoms with Crippen LogP contribution in [-0.4, -0.2) is 44.3 Å². The Balaban J connectivity index is 2.26. The van der Waals surface area contributed by atoms with Gasteiger partial charge < -0.3 is 20.4 Å². The summed E-state index contributed by atoms with van der Waals surface area (Å²) in [6.07, 6.45) is 1.19. The number of carboxylic acids is 4. The summed E-state index contributed by atoms with van der Waals surface area (Å²) in [5.41, 5.74) is 1.22. The van der Waals surface area contributed by atoms with Crippen LogP contribution in [0.3, 0.4) is 0 Å². The summed E-state index contributed by atoms with van der Waals surface area (Å²) in [7, 11) is 0. The van der Waals surface area contributed by atoms with E-state index >= 15 is 0 Å². The fourth-order valence-electron chi connectivity index (χ4n) is 3.89. The Morgan fingerprint density at radius 3 is 1.59 bits per heavy atom. The van der Waals surface area contributed by atoms with E-state index in [2.05, 4.69) is 0 Å². The third-order valence-electron chi connectivity index (χ3n) is 5.32. The SMILES string of the molecule is CCC1Cc2cc(C(=O)O)c(C(=O)O)cc2Cc2cc(C(=O)O)c(C(=O)O)cc21. The molecule has 0 aromatic heterocycles. The first-order chi connectivity index (χ1) is 13.6. The lowest BCUT2D eigenvalue weighted by Crippen LogP contribution is -2.12. The van der Waals surface area contributed by atoms with Crippen LogP contribution in [0, 0.1) is 0 Å². The number of carboxylic acid groups (broad SMARTS) is 4. The second kappa shape index (κ2) is 7.38. The number of carbonyl (C=O) groups is 4. The zero-order valence-corrected chi connectivity index (χ0v) is 15.4. The van der Waals surface area contributed by atoms with Gasteiger partial charge in [-0.3, -0.25) is 0 Å². The molecule has 0 aliphatic heterocycles. The van der Waals surface area contributed by atoms with Crippen molar-refractivity contribution in [2.45, 2.75) is 32.1 Å². The van der Waals surface area contributed by atoms with Crippen LogP contribution in [0.2, 0.25) is 0 Å². The topological polar surface area (TPSA) is 149 Å². The highest BCUT2D eigenvalue weighted by Gasteiger charge is 2.28. The van der Waals surface area contributed by atoms with Crippen molar-refractivity contribution >= 4 is 23.9 Å². The van der Waals surface area contributed by atoms with Gasteiger partial charge >= 0.3 is 23.9 Å².